The number of sulfonamides is 1. The fraction of sp³-hybridized carbons (Fsp3) is 0.500. The van der Waals surface area contributed by atoms with E-state index in [1.54, 1.807) is 5.38 Å². The van der Waals surface area contributed by atoms with Crippen LogP contribution in [0.4, 0.5) is 19.6 Å². The Balaban J connectivity index is 1.49. The van der Waals surface area contributed by atoms with Crippen LogP contribution in [0.25, 0.3) is 0 Å². The van der Waals surface area contributed by atoms with Crippen molar-refractivity contribution in [2.45, 2.75) is 42.2 Å². The summed E-state index contributed by atoms with van der Waals surface area (Å²) >= 11 is 6.93. The van der Waals surface area contributed by atoms with E-state index < -0.39 is 20.7 Å². The molecule has 2 fully saturated rings. The minimum Gasteiger partial charge on any atom is -0.383 e. The molecule has 6 nitrogen and oxygen atoms in total. The van der Waals surface area contributed by atoms with Gasteiger partial charge in [0.2, 0.25) is 5.13 Å². The summed E-state index contributed by atoms with van der Waals surface area (Å²) in [6, 6.07) is 3.82. The van der Waals surface area contributed by atoms with Crippen molar-refractivity contribution < 1.29 is 17.2 Å². The van der Waals surface area contributed by atoms with Gasteiger partial charge < -0.3 is 5.32 Å². The topological polar surface area (TPSA) is 65.5 Å². The van der Waals surface area contributed by atoms with Crippen LogP contribution in [-0.4, -0.2) is 49.6 Å². The molecule has 2 aromatic rings. The van der Waals surface area contributed by atoms with Crippen LogP contribution in [0.5, 0.6) is 0 Å². The summed E-state index contributed by atoms with van der Waals surface area (Å²) in [5.41, 5.74) is 0.359. The van der Waals surface area contributed by atoms with E-state index >= 15 is 0 Å². The van der Waals surface area contributed by atoms with Gasteiger partial charge in [-0.2, -0.15) is 8.42 Å². The molecular formula is C18H21ClF2N4O2S2. The molecule has 1 N–H and O–H groups in total. The molecular weight excluding hydrogens is 442 g/mol. The zero-order valence-corrected chi connectivity index (χ0v) is 17.9. The van der Waals surface area contributed by atoms with E-state index in [0.29, 0.717) is 16.1 Å². The van der Waals surface area contributed by atoms with E-state index in [2.05, 4.69) is 15.2 Å². The fourth-order valence-electron chi connectivity index (χ4n) is 4.41. The normalized spacial score (nSPS) is 24.6. The Labute approximate surface area is 177 Å². The van der Waals surface area contributed by atoms with Gasteiger partial charge >= 0.3 is 0 Å². The quantitative estimate of drug-likeness (QED) is 0.630. The molecule has 0 aliphatic carbocycles. The van der Waals surface area contributed by atoms with E-state index in [-0.39, 0.29) is 23.4 Å². The highest BCUT2D eigenvalue weighted by molar-refractivity contribution is 7.94. The van der Waals surface area contributed by atoms with E-state index in [4.69, 9.17) is 11.8 Å². The van der Waals surface area contributed by atoms with Crippen LogP contribution in [0.15, 0.2) is 34.7 Å². The first kappa shape index (κ1) is 20.8. The number of hydrogen-bond donors (Lipinski definition) is 1. The maximum Gasteiger partial charge on any atom is 0.283 e. The second-order valence-corrected chi connectivity index (χ2v) is 10.6. The number of thiazole rings is 1. The van der Waals surface area contributed by atoms with Gasteiger partial charge in [-0.05, 0) is 50.4 Å². The van der Waals surface area contributed by atoms with Crippen LogP contribution >= 0.6 is 23.1 Å². The average molecular weight is 463 g/mol. The predicted molar refractivity (Wildman–Crippen MR) is 110 cm³/mol. The summed E-state index contributed by atoms with van der Waals surface area (Å²) in [7, 11) is -4.27. The summed E-state index contributed by atoms with van der Waals surface area (Å²) in [5, 5.41) is 4.83. The van der Waals surface area contributed by atoms with Gasteiger partial charge in [0.1, 0.15) is 17.4 Å². The molecule has 3 heterocycles. The van der Waals surface area contributed by atoms with Crippen molar-refractivity contribution >= 4 is 44.0 Å². The van der Waals surface area contributed by atoms with E-state index in [9.17, 15) is 17.2 Å². The third kappa shape index (κ3) is 3.71. The zero-order valence-electron chi connectivity index (χ0n) is 15.5. The molecule has 0 bridgehead atoms. The Kier molecular flexibility index (Phi) is 5.71. The van der Waals surface area contributed by atoms with Crippen molar-refractivity contribution in [3.8, 4) is 0 Å². The Morgan fingerprint density at radius 2 is 2.24 bits per heavy atom. The second kappa shape index (κ2) is 7.98. The largest absolute Gasteiger partial charge is 0.383 e. The van der Waals surface area contributed by atoms with E-state index in [1.807, 2.05) is 0 Å². The lowest BCUT2D eigenvalue weighted by atomic mass is 9.94. The molecule has 29 heavy (non-hydrogen) atoms. The highest BCUT2D eigenvalue weighted by atomic mass is 35.5. The van der Waals surface area contributed by atoms with Gasteiger partial charge in [-0.25, -0.2) is 13.8 Å². The molecule has 2 unspecified atom stereocenters. The molecule has 11 heteroatoms. The molecule has 0 radical (unpaired) electrons. The Bertz CT molecular complexity index is 976. The number of nitrogens with zero attached hydrogens (tertiary/aromatic N) is 3. The highest BCUT2D eigenvalue weighted by Gasteiger charge is 2.48. The number of anilines is 2. The highest BCUT2D eigenvalue weighted by Crippen LogP contribution is 2.42. The molecule has 2 aliphatic rings. The summed E-state index contributed by atoms with van der Waals surface area (Å²) in [5.74, 6) is -0.897. The number of rotatable bonds is 7. The lowest BCUT2D eigenvalue weighted by Crippen LogP contribution is -2.47. The third-order valence-corrected chi connectivity index (χ3v) is 8.98. The number of aromatic nitrogens is 1. The third-order valence-electron chi connectivity index (χ3n) is 5.82. The van der Waals surface area contributed by atoms with Crippen LogP contribution in [0.1, 0.15) is 25.7 Å². The van der Waals surface area contributed by atoms with Crippen molar-refractivity contribution in [2.24, 2.45) is 0 Å². The lowest BCUT2D eigenvalue weighted by Gasteiger charge is -2.35. The first-order valence-corrected chi connectivity index (χ1v) is 12.0. The van der Waals surface area contributed by atoms with Crippen LogP contribution in [0.2, 0.25) is 0 Å². The Morgan fingerprint density at radius 1 is 1.41 bits per heavy atom. The molecule has 1 aromatic heterocycles. The first-order chi connectivity index (χ1) is 13.9. The minimum absolute atomic E-state index is 0.0379. The Morgan fingerprint density at radius 3 is 2.93 bits per heavy atom. The van der Waals surface area contributed by atoms with Gasteiger partial charge in [-0.3, -0.25) is 4.90 Å². The number of fused-ring (bicyclic) bond motifs is 1. The SMILES string of the molecule is O=S(=O)(c1ccc(NCC23CCCN2C(CF)CC3)cc1F)N(Cl)c1nccs1. The standard InChI is InChI=1S/C18H21ClF2N4O2S2/c19-25(17-22-7-9-28-17)29(26,27)16-3-2-13(10-15(16)21)23-12-18-5-1-8-24(18)14(11-20)4-6-18/h2-3,7,9-10,14,23H,1,4-6,8,11-12H2. The fourth-order valence-corrected chi connectivity index (χ4v) is 6.63. The second-order valence-electron chi connectivity index (χ2n) is 7.40. The lowest BCUT2D eigenvalue weighted by molar-refractivity contribution is 0.142. The van der Waals surface area contributed by atoms with Crippen molar-refractivity contribution in [3.05, 3.63) is 35.6 Å². The van der Waals surface area contributed by atoms with Crippen LogP contribution < -0.4 is 9.14 Å². The summed E-state index contributed by atoms with van der Waals surface area (Å²) in [6.07, 6.45) is 5.13. The molecule has 2 saturated heterocycles. The van der Waals surface area contributed by atoms with Crippen LogP contribution in [0.3, 0.4) is 0 Å². The predicted octanol–water partition coefficient (Wildman–Crippen LogP) is 4.01. The molecule has 1 aromatic carbocycles. The van der Waals surface area contributed by atoms with Gasteiger partial charge in [-0.1, -0.05) is 0 Å². The molecule has 0 spiro atoms. The van der Waals surface area contributed by atoms with Crippen molar-refractivity contribution in [1.29, 1.82) is 0 Å². The number of alkyl halides is 1. The number of nitrogens with one attached hydrogen (secondary N) is 1. The molecule has 2 aliphatic heterocycles. The van der Waals surface area contributed by atoms with Crippen LogP contribution in [0, 0.1) is 5.82 Å². The average Bonchev–Trinajstić information content (AvgIpc) is 3.42. The van der Waals surface area contributed by atoms with Gasteiger partial charge in [0.05, 0.1) is 0 Å². The molecule has 0 saturated carbocycles. The minimum atomic E-state index is -4.27. The number of halogens is 3. The molecule has 0 amide bonds. The van der Waals surface area contributed by atoms with Gasteiger partial charge in [-0.15, -0.1) is 15.2 Å². The molecule has 2 atom stereocenters. The summed E-state index contributed by atoms with van der Waals surface area (Å²) in [4.78, 5) is 5.55. The van der Waals surface area contributed by atoms with Crippen molar-refractivity contribution in [3.63, 3.8) is 0 Å². The smallest absolute Gasteiger partial charge is 0.283 e. The maximum absolute atomic E-state index is 14.6. The van der Waals surface area contributed by atoms with Gasteiger partial charge in [0.25, 0.3) is 10.0 Å². The van der Waals surface area contributed by atoms with Gasteiger partial charge in [0.15, 0.2) is 0 Å². The molecule has 158 valence electrons. The van der Waals surface area contributed by atoms with E-state index in [0.717, 1.165) is 49.6 Å². The van der Waals surface area contributed by atoms with Gasteiger partial charge in [0, 0.05) is 47.2 Å². The number of hydrogen-bond acceptors (Lipinski definition) is 6. The Hall–Kier alpha value is -1.49. The summed E-state index contributed by atoms with van der Waals surface area (Å²) < 4.78 is 53.6. The van der Waals surface area contributed by atoms with E-state index in [1.165, 1.54) is 18.3 Å². The monoisotopic (exact) mass is 462 g/mol. The zero-order chi connectivity index (χ0) is 20.6. The molecule has 4 rings (SSSR count). The maximum atomic E-state index is 14.6. The van der Waals surface area contributed by atoms with Crippen molar-refractivity contribution in [2.75, 3.05) is 28.9 Å². The number of benzene rings is 1. The van der Waals surface area contributed by atoms with Crippen LogP contribution in [-0.2, 0) is 10.0 Å². The summed E-state index contributed by atoms with van der Waals surface area (Å²) in [6.45, 7) is 1.09. The van der Waals surface area contributed by atoms with Crippen molar-refractivity contribution in [1.82, 2.24) is 9.88 Å². The first-order valence-electron chi connectivity index (χ1n) is 9.34.